The number of phenolic OH excluding ortho intramolecular Hbond substituents is 1. The summed E-state index contributed by atoms with van der Waals surface area (Å²) in [4.78, 5) is 35.9. The van der Waals surface area contributed by atoms with E-state index in [4.69, 9.17) is 4.98 Å². The Labute approximate surface area is 180 Å². The van der Waals surface area contributed by atoms with Crippen LogP contribution in [-0.2, 0) is 10.2 Å². The van der Waals surface area contributed by atoms with E-state index in [1.807, 2.05) is 24.3 Å². The second-order valence-electron chi connectivity index (χ2n) is 7.23. The summed E-state index contributed by atoms with van der Waals surface area (Å²) < 4.78 is 0.690. The number of imide groups is 1. The third kappa shape index (κ3) is 2.39. The Bertz CT molecular complexity index is 1310. The van der Waals surface area contributed by atoms with Crippen molar-refractivity contribution in [3.05, 3.63) is 93.7 Å². The number of amides is 2. The van der Waals surface area contributed by atoms with Crippen molar-refractivity contribution in [2.75, 3.05) is 7.05 Å². The second kappa shape index (κ2) is 6.53. The topological polar surface area (TPSA) is 86.3 Å². The number of carbonyl (C=O) groups is 2. The fourth-order valence-corrected chi connectivity index (χ4v) is 4.55. The zero-order chi connectivity index (χ0) is 21.0. The first-order valence-electron chi connectivity index (χ1n) is 9.31. The van der Waals surface area contributed by atoms with Gasteiger partial charge in [0.05, 0.1) is 11.0 Å². The average molecular weight is 462 g/mol. The monoisotopic (exact) mass is 461 g/mol. The highest BCUT2D eigenvalue weighted by Crippen LogP contribution is 2.48. The van der Waals surface area contributed by atoms with E-state index in [2.05, 4.69) is 20.9 Å². The first-order chi connectivity index (χ1) is 14.4. The molecule has 2 amide bonds. The number of hydrogen-bond donors (Lipinski definition) is 2. The van der Waals surface area contributed by atoms with Gasteiger partial charge in [0.1, 0.15) is 11.6 Å². The highest BCUT2D eigenvalue weighted by Gasteiger charge is 2.55. The fraction of sp³-hybridized carbons (Fsp3) is 0.0870. The van der Waals surface area contributed by atoms with E-state index in [0.717, 1.165) is 10.4 Å². The van der Waals surface area contributed by atoms with Crippen LogP contribution in [0.15, 0.2) is 71.2 Å². The van der Waals surface area contributed by atoms with Gasteiger partial charge in [0.25, 0.3) is 11.8 Å². The molecule has 0 radical (unpaired) electrons. The van der Waals surface area contributed by atoms with Crippen LogP contribution in [0.2, 0.25) is 0 Å². The van der Waals surface area contributed by atoms with Gasteiger partial charge in [-0.1, -0.05) is 46.3 Å². The van der Waals surface area contributed by atoms with Crippen LogP contribution in [0.25, 0.3) is 11.0 Å². The van der Waals surface area contributed by atoms with E-state index < -0.39 is 17.2 Å². The highest BCUT2D eigenvalue weighted by molar-refractivity contribution is 9.10. The molecule has 0 saturated carbocycles. The van der Waals surface area contributed by atoms with Crippen molar-refractivity contribution >= 4 is 38.8 Å². The smallest absolute Gasteiger partial charge is 0.260 e. The molecule has 0 bridgehead atoms. The molecule has 3 aromatic carbocycles. The summed E-state index contributed by atoms with van der Waals surface area (Å²) in [6.45, 7) is 0. The third-order valence-electron chi connectivity index (χ3n) is 5.60. The summed E-state index contributed by atoms with van der Waals surface area (Å²) in [6.07, 6.45) is 0. The number of benzene rings is 3. The molecule has 1 aromatic heterocycles. The lowest BCUT2D eigenvalue weighted by Crippen LogP contribution is -2.54. The molecule has 0 aliphatic carbocycles. The predicted octanol–water partition coefficient (Wildman–Crippen LogP) is 3.98. The quantitative estimate of drug-likeness (QED) is 0.442. The van der Waals surface area contributed by atoms with Gasteiger partial charge in [-0.3, -0.25) is 14.5 Å². The van der Waals surface area contributed by atoms with Crippen molar-refractivity contribution in [3.63, 3.8) is 0 Å². The Morgan fingerprint density at radius 3 is 2.53 bits per heavy atom. The molecule has 5 rings (SSSR count). The van der Waals surface area contributed by atoms with E-state index in [9.17, 15) is 14.7 Å². The molecule has 4 aromatic rings. The number of H-pyrrole nitrogens is 1. The van der Waals surface area contributed by atoms with Crippen LogP contribution in [0, 0.1) is 0 Å². The summed E-state index contributed by atoms with van der Waals surface area (Å²) in [7, 11) is 1.45. The first kappa shape index (κ1) is 18.6. The normalized spacial score (nSPS) is 18.7. The number of hydrogen-bond acceptors (Lipinski definition) is 4. The molecule has 148 valence electrons. The van der Waals surface area contributed by atoms with Gasteiger partial charge in [0, 0.05) is 22.6 Å². The van der Waals surface area contributed by atoms with Crippen molar-refractivity contribution < 1.29 is 14.7 Å². The number of rotatable bonds is 2. The zero-order valence-corrected chi connectivity index (χ0v) is 17.5. The minimum atomic E-state index is -1.52. The highest BCUT2D eigenvalue weighted by atomic mass is 79.9. The second-order valence-corrected chi connectivity index (χ2v) is 8.14. The molecule has 2 heterocycles. The average Bonchev–Trinajstić information content (AvgIpc) is 3.19. The maximum Gasteiger partial charge on any atom is 0.260 e. The van der Waals surface area contributed by atoms with E-state index in [1.54, 1.807) is 36.4 Å². The molecular formula is C23H16BrN3O3. The van der Waals surface area contributed by atoms with Gasteiger partial charge in [-0.2, -0.15) is 0 Å². The van der Waals surface area contributed by atoms with E-state index in [-0.39, 0.29) is 5.75 Å². The first-order valence-corrected chi connectivity index (χ1v) is 10.1. The predicted molar refractivity (Wildman–Crippen MR) is 115 cm³/mol. The van der Waals surface area contributed by atoms with E-state index in [0.29, 0.717) is 32.5 Å². The lowest BCUT2D eigenvalue weighted by Gasteiger charge is -2.40. The summed E-state index contributed by atoms with van der Waals surface area (Å²) in [5.41, 5.74) is 1.13. The van der Waals surface area contributed by atoms with Crippen molar-refractivity contribution in [3.8, 4) is 5.75 Å². The van der Waals surface area contributed by atoms with Crippen LogP contribution in [0.5, 0.6) is 5.75 Å². The Morgan fingerprint density at radius 2 is 1.73 bits per heavy atom. The van der Waals surface area contributed by atoms with Crippen LogP contribution >= 0.6 is 15.9 Å². The number of imidazole rings is 1. The molecule has 30 heavy (non-hydrogen) atoms. The Balaban J connectivity index is 1.98. The summed E-state index contributed by atoms with van der Waals surface area (Å²) in [5, 5.41) is 10.9. The van der Waals surface area contributed by atoms with E-state index >= 15 is 0 Å². The number of likely N-dealkylation sites (N-methyl/N-ethyl adjacent to an activating group) is 1. The number of nitrogens with zero attached hydrogens (tertiary/aromatic N) is 2. The van der Waals surface area contributed by atoms with E-state index in [1.165, 1.54) is 13.1 Å². The van der Waals surface area contributed by atoms with Crippen molar-refractivity contribution in [1.29, 1.82) is 0 Å². The van der Waals surface area contributed by atoms with Crippen LogP contribution < -0.4 is 0 Å². The molecule has 6 nitrogen and oxygen atoms in total. The minimum absolute atomic E-state index is 0.0652. The molecule has 1 aliphatic heterocycles. The van der Waals surface area contributed by atoms with Gasteiger partial charge in [0.2, 0.25) is 0 Å². The number of aromatic hydroxyl groups is 1. The Hall–Kier alpha value is -3.45. The number of carbonyl (C=O) groups excluding carboxylic acids is 2. The van der Waals surface area contributed by atoms with Crippen LogP contribution in [-0.4, -0.2) is 38.8 Å². The van der Waals surface area contributed by atoms with Gasteiger partial charge in [-0.25, -0.2) is 4.98 Å². The van der Waals surface area contributed by atoms with Gasteiger partial charge >= 0.3 is 0 Å². The number of aromatic nitrogens is 2. The number of aromatic amines is 1. The largest absolute Gasteiger partial charge is 0.508 e. The van der Waals surface area contributed by atoms with Crippen LogP contribution in [0.3, 0.4) is 0 Å². The molecule has 0 saturated heterocycles. The third-order valence-corrected chi connectivity index (χ3v) is 6.09. The van der Waals surface area contributed by atoms with Gasteiger partial charge in [-0.05, 0) is 42.0 Å². The SMILES string of the molecule is CN1C(=O)c2ccccc2C(c2nc3ccccc3[nH]2)(c2cc(Br)ccc2O)C1=O. The zero-order valence-electron chi connectivity index (χ0n) is 15.9. The molecule has 2 N–H and O–H groups in total. The van der Waals surface area contributed by atoms with Crippen molar-refractivity contribution in [2.24, 2.45) is 0 Å². The van der Waals surface area contributed by atoms with Crippen molar-refractivity contribution in [1.82, 2.24) is 14.9 Å². The standard InChI is InChI=1S/C23H16BrN3O3/c1-27-20(29)14-6-2-3-7-15(14)23(22(27)30,16-12-13(24)10-11-19(16)28)21-25-17-8-4-5-9-18(17)26-21/h2-12,28H,1H3,(H,25,26). The number of nitrogens with one attached hydrogen (secondary N) is 1. The molecule has 1 unspecified atom stereocenters. The Morgan fingerprint density at radius 1 is 1.00 bits per heavy atom. The molecular weight excluding hydrogens is 446 g/mol. The summed E-state index contributed by atoms with van der Waals surface area (Å²) >= 11 is 3.45. The molecule has 0 spiro atoms. The molecule has 1 atom stereocenters. The number of fused-ring (bicyclic) bond motifs is 2. The van der Waals surface area contributed by atoms with Gasteiger partial charge in [0.15, 0.2) is 5.41 Å². The number of para-hydroxylation sites is 2. The maximum absolute atomic E-state index is 13.9. The summed E-state index contributed by atoms with van der Waals surface area (Å²) in [6, 6.07) is 19.3. The molecule has 7 heteroatoms. The Kier molecular flexibility index (Phi) is 4.04. The molecule has 1 aliphatic rings. The van der Waals surface area contributed by atoms with Crippen molar-refractivity contribution in [2.45, 2.75) is 5.41 Å². The molecule has 0 fully saturated rings. The van der Waals surface area contributed by atoms with Crippen LogP contribution in [0.1, 0.15) is 27.3 Å². The minimum Gasteiger partial charge on any atom is -0.508 e. The number of phenols is 1. The fourth-order valence-electron chi connectivity index (χ4n) is 4.19. The van der Waals surface area contributed by atoms with Gasteiger partial charge in [-0.15, -0.1) is 0 Å². The maximum atomic E-state index is 13.9. The van der Waals surface area contributed by atoms with Crippen LogP contribution in [0.4, 0.5) is 0 Å². The lowest BCUT2D eigenvalue weighted by molar-refractivity contribution is -0.131. The van der Waals surface area contributed by atoms with Gasteiger partial charge < -0.3 is 10.1 Å². The summed E-state index contributed by atoms with van der Waals surface area (Å²) in [5.74, 6) is -0.603. The number of halogens is 1. The lowest BCUT2D eigenvalue weighted by atomic mass is 9.68.